The molecule has 1 amide bonds. The number of nitrogens with two attached hydrogens (primary N) is 1. The molecule has 1 aromatic carbocycles. The van der Waals surface area contributed by atoms with Crippen molar-refractivity contribution < 1.29 is 14.3 Å². The van der Waals surface area contributed by atoms with Crippen LogP contribution in [-0.2, 0) is 4.74 Å². The molecule has 0 radical (unpaired) electrons. The van der Waals surface area contributed by atoms with E-state index in [0.717, 1.165) is 5.56 Å². The molecule has 0 fully saturated rings. The van der Waals surface area contributed by atoms with Gasteiger partial charge in [0.1, 0.15) is 18.0 Å². The van der Waals surface area contributed by atoms with Gasteiger partial charge in [-0.3, -0.25) is 0 Å². The summed E-state index contributed by atoms with van der Waals surface area (Å²) in [7, 11) is 0. The Morgan fingerprint density at radius 2 is 2.05 bits per heavy atom. The maximum Gasteiger partial charge on any atom is 0.407 e. The molecule has 0 spiro atoms. The molecule has 112 valence electrons. The van der Waals surface area contributed by atoms with Gasteiger partial charge in [0.15, 0.2) is 0 Å². The standard InChI is InChI=1S/C15H24N2O3/c1-10-7-6-8-12(16)13(10)19-9-11(2)17-14(18)20-15(3,4)5/h6-8,11H,9,16H2,1-5H3,(H,17,18)/t11-/m1/s1. The van der Waals surface area contributed by atoms with E-state index < -0.39 is 11.7 Å². The second kappa shape index (κ2) is 6.50. The molecule has 0 aliphatic rings. The van der Waals surface area contributed by atoms with Crippen molar-refractivity contribution in [3.63, 3.8) is 0 Å². The molecule has 0 saturated heterocycles. The van der Waals surface area contributed by atoms with Gasteiger partial charge in [-0.25, -0.2) is 4.79 Å². The summed E-state index contributed by atoms with van der Waals surface area (Å²) in [6.45, 7) is 9.57. The normalized spacial score (nSPS) is 12.7. The molecule has 0 unspecified atom stereocenters. The number of amides is 1. The topological polar surface area (TPSA) is 73.6 Å². The summed E-state index contributed by atoms with van der Waals surface area (Å²) in [6, 6.07) is 5.41. The highest BCUT2D eigenvalue weighted by molar-refractivity contribution is 5.68. The van der Waals surface area contributed by atoms with Crippen molar-refractivity contribution in [3.05, 3.63) is 23.8 Å². The van der Waals surface area contributed by atoms with E-state index in [1.54, 1.807) is 6.07 Å². The Hall–Kier alpha value is -1.91. The fraction of sp³-hybridized carbons (Fsp3) is 0.533. The lowest BCUT2D eigenvalue weighted by Crippen LogP contribution is -2.40. The van der Waals surface area contributed by atoms with Gasteiger partial charge >= 0.3 is 6.09 Å². The molecule has 0 saturated carbocycles. The highest BCUT2D eigenvalue weighted by atomic mass is 16.6. The Bertz CT molecular complexity index is 446. The van der Waals surface area contributed by atoms with E-state index in [0.29, 0.717) is 18.0 Å². The van der Waals surface area contributed by atoms with Gasteiger partial charge in [0.2, 0.25) is 0 Å². The highest BCUT2D eigenvalue weighted by Crippen LogP contribution is 2.25. The number of carbonyl (C=O) groups is 1. The van der Waals surface area contributed by atoms with Gasteiger partial charge < -0.3 is 20.5 Å². The van der Waals surface area contributed by atoms with Crippen molar-refractivity contribution in [3.8, 4) is 5.75 Å². The van der Waals surface area contributed by atoms with Crippen LogP contribution in [0.4, 0.5) is 10.5 Å². The Morgan fingerprint density at radius 1 is 1.40 bits per heavy atom. The quantitative estimate of drug-likeness (QED) is 0.832. The monoisotopic (exact) mass is 280 g/mol. The Kier molecular flexibility index (Phi) is 5.25. The third kappa shape index (κ3) is 5.38. The first kappa shape index (κ1) is 16.1. The smallest absolute Gasteiger partial charge is 0.407 e. The molecule has 0 aliphatic heterocycles. The predicted molar refractivity (Wildman–Crippen MR) is 79.9 cm³/mol. The number of nitrogens with one attached hydrogen (secondary N) is 1. The second-order valence-electron chi connectivity index (χ2n) is 5.85. The maximum atomic E-state index is 11.6. The summed E-state index contributed by atoms with van der Waals surface area (Å²) >= 11 is 0. The third-order valence-corrected chi connectivity index (χ3v) is 2.48. The average molecular weight is 280 g/mol. The number of carbonyl (C=O) groups excluding carboxylic acids is 1. The zero-order chi connectivity index (χ0) is 15.3. The van der Waals surface area contributed by atoms with E-state index in [-0.39, 0.29) is 6.04 Å². The van der Waals surface area contributed by atoms with Gasteiger partial charge in [0.25, 0.3) is 0 Å². The van der Waals surface area contributed by atoms with Gasteiger partial charge in [0.05, 0.1) is 11.7 Å². The first-order valence-electron chi connectivity index (χ1n) is 6.66. The molecule has 5 heteroatoms. The molecule has 1 atom stereocenters. The van der Waals surface area contributed by atoms with Gasteiger partial charge in [-0.2, -0.15) is 0 Å². The van der Waals surface area contributed by atoms with Crippen LogP contribution in [0.3, 0.4) is 0 Å². The molecule has 0 aliphatic carbocycles. The molecule has 1 rings (SSSR count). The van der Waals surface area contributed by atoms with E-state index in [4.69, 9.17) is 15.2 Å². The summed E-state index contributed by atoms with van der Waals surface area (Å²) in [6.07, 6.45) is -0.452. The van der Waals surface area contributed by atoms with Gasteiger partial charge in [0, 0.05) is 0 Å². The molecule has 0 bridgehead atoms. The van der Waals surface area contributed by atoms with Crippen molar-refractivity contribution in [1.29, 1.82) is 0 Å². The van der Waals surface area contributed by atoms with Crippen LogP contribution >= 0.6 is 0 Å². The minimum Gasteiger partial charge on any atom is -0.489 e. The number of hydrogen-bond donors (Lipinski definition) is 2. The Labute approximate surface area is 120 Å². The fourth-order valence-corrected chi connectivity index (χ4v) is 1.63. The van der Waals surface area contributed by atoms with E-state index in [2.05, 4.69) is 5.32 Å². The van der Waals surface area contributed by atoms with Crippen molar-refractivity contribution >= 4 is 11.8 Å². The number of para-hydroxylation sites is 1. The molecule has 0 heterocycles. The zero-order valence-electron chi connectivity index (χ0n) is 12.8. The lowest BCUT2D eigenvalue weighted by Gasteiger charge is -2.22. The molecular weight excluding hydrogens is 256 g/mol. The third-order valence-electron chi connectivity index (χ3n) is 2.48. The van der Waals surface area contributed by atoms with Crippen molar-refractivity contribution in [1.82, 2.24) is 5.32 Å². The van der Waals surface area contributed by atoms with E-state index >= 15 is 0 Å². The predicted octanol–water partition coefficient (Wildman–Crippen LogP) is 2.87. The van der Waals surface area contributed by atoms with E-state index in [1.807, 2.05) is 46.8 Å². The molecule has 3 N–H and O–H groups in total. The summed E-state index contributed by atoms with van der Waals surface area (Å²) in [5, 5.41) is 2.72. The number of rotatable bonds is 4. The van der Waals surface area contributed by atoms with Crippen LogP contribution in [0.5, 0.6) is 5.75 Å². The molecule has 1 aromatic rings. The number of alkyl carbamates (subject to hydrolysis) is 1. The summed E-state index contributed by atoms with van der Waals surface area (Å²) in [4.78, 5) is 11.6. The van der Waals surface area contributed by atoms with Crippen molar-refractivity contribution in [2.75, 3.05) is 12.3 Å². The van der Waals surface area contributed by atoms with Gasteiger partial charge in [-0.05, 0) is 46.2 Å². The van der Waals surface area contributed by atoms with Crippen molar-refractivity contribution in [2.45, 2.75) is 46.3 Å². The second-order valence-corrected chi connectivity index (χ2v) is 5.85. The Morgan fingerprint density at radius 3 is 2.60 bits per heavy atom. The van der Waals surface area contributed by atoms with Crippen LogP contribution in [0.25, 0.3) is 0 Å². The number of ether oxygens (including phenoxy) is 2. The number of aryl methyl sites for hydroxylation is 1. The minimum atomic E-state index is -0.509. The molecular formula is C15H24N2O3. The average Bonchev–Trinajstić information content (AvgIpc) is 2.25. The maximum absolute atomic E-state index is 11.6. The highest BCUT2D eigenvalue weighted by Gasteiger charge is 2.18. The number of nitrogen functional groups attached to an aromatic ring is 1. The van der Waals surface area contributed by atoms with Gasteiger partial charge in [-0.15, -0.1) is 0 Å². The minimum absolute atomic E-state index is 0.177. The van der Waals surface area contributed by atoms with Crippen LogP contribution in [-0.4, -0.2) is 24.3 Å². The first-order valence-corrected chi connectivity index (χ1v) is 6.66. The summed E-state index contributed by atoms with van der Waals surface area (Å²) in [5.74, 6) is 0.658. The largest absolute Gasteiger partial charge is 0.489 e. The summed E-state index contributed by atoms with van der Waals surface area (Å²) in [5.41, 5.74) is 6.91. The molecule has 5 nitrogen and oxygen atoms in total. The van der Waals surface area contributed by atoms with Crippen LogP contribution in [0.1, 0.15) is 33.3 Å². The molecule has 20 heavy (non-hydrogen) atoms. The van der Waals surface area contributed by atoms with Crippen molar-refractivity contribution in [2.24, 2.45) is 0 Å². The molecule has 0 aromatic heterocycles. The van der Waals surface area contributed by atoms with Gasteiger partial charge in [-0.1, -0.05) is 12.1 Å². The van der Waals surface area contributed by atoms with Crippen LogP contribution < -0.4 is 15.8 Å². The van der Waals surface area contributed by atoms with Crippen LogP contribution in [0.2, 0.25) is 0 Å². The summed E-state index contributed by atoms with van der Waals surface area (Å²) < 4.78 is 10.8. The number of anilines is 1. The van der Waals surface area contributed by atoms with E-state index in [9.17, 15) is 4.79 Å². The Balaban J connectivity index is 2.48. The lowest BCUT2D eigenvalue weighted by molar-refractivity contribution is 0.0494. The fourth-order valence-electron chi connectivity index (χ4n) is 1.63. The lowest BCUT2D eigenvalue weighted by atomic mass is 10.2. The SMILES string of the molecule is Cc1cccc(N)c1OC[C@@H](C)NC(=O)OC(C)(C)C. The first-order chi connectivity index (χ1) is 9.19. The number of hydrogen-bond acceptors (Lipinski definition) is 4. The van der Waals surface area contributed by atoms with Crippen LogP contribution in [0.15, 0.2) is 18.2 Å². The zero-order valence-corrected chi connectivity index (χ0v) is 12.8. The van der Waals surface area contributed by atoms with Crippen LogP contribution in [0, 0.1) is 6.92 Å². The number of benzene rings is 1. The van der Waals surface area contributed by atoms with E-state index in [1.165, 1.54) is 0 Å².